The summed E-state index contributed by atoms with van der Waals surface area (Å²) >= 11 is 0. The SMILES string of the molecule is Nc1cc(S(N)(=O)=O)ccc1O.O=S(=O)(O)O. The summed E-state index contributed by atoms with van der Waals surface area (Å²) < 4.78 is 53.1. The Bertz CT molecular complexity index is 585. The second kappa shape index (κ2) is 5.29. The Morgan fingerprint density at radius 1 is 1.06 bits per heavy atom. The van der Waals surface area contributed by atoms with E-state index in [9.17, 15) is 8.42 Å². The molecule has 0 fully saturated rings. The highest BCUT2D eigenvalue weighted by molar-refractivity contribution is 7.89. The van der Waals surface area contributed by atoms with Crippen LogP contribution in [0.1, 0.15) is 0 Å². The van der Waals surface area contributed by atoms with Crippen LogP contribution in [0.15, 0.2) is 23.1 Å². The van der Waals surface area contributed by atoms with Crippen LogP contribution in [0.25, 0.3) is 0 Å². The molecular formula is C6H10N2O7S2. The van der Waals surface area contributed by atoms with Gasteiger partial charge >= 0.3 is 10.4 Å². The Hall–Kier alpha value is -1.40. The molecule has 0 spiro atoms. The van der Waals surface area contributed by atoms with E-state index in [0.29, 0.717) is 0 Å². The number of aromatic hydroxyl groups is 1. The van der Waals surface area contributed by atoms with Crippen molar-refractivity contribution in [3.63, 3.8) is 0 Å². The van der Waals surface area contributed by atoms with E-state index in [1.165, 1.54) is 12.1 Å². The Kier molecular flexibility index (Phi) is 4.85. The van der Waals surface area contributed by atoms with E-state index in [0.717, 1.165) is 6.07 Å². The molecule has 0 bridgehead atoms. The van der Waals surface area contributed by atoms with Gasteiger partial charge < -0.3 is 10.8 Å². The first-order valence-electron chi connectivity index (χ1n) is 3.72. The molecule has 0 saturated carbocycles. The number of benzene rings is 1. The first kappa shape index (κ1) is 15.6. The van der Waals surface area contributed by atoms with Crippen molar-refractivity contribution < 1.29 is 31.0 Å². The van der Waals surface area contributed by atoms with Gasteiger partial charge in [0, 0.05) is 0 Å². The summed E-state index contributed by atoms with van der Waals surface area (Å²) in [6.45, 7) is 0. The quantitative estimate of drug-likeness (QED) is 0.246. The Labute approximate surface area is 97.3 Å². The van der Waals surface area contributed by atoms with E-state index >= 15 is 0 Å². The molecule has 0 atom stereocenters. The van der Waals surface area contributed by atoms with E-state index in [1.54, 1.807) is 0 Å². The van der Waals surface area contributed by atoms with Gasteiger partial charge in [-0.2, -0.15) is 8.42 Å². The van der Waals surface area contributed by atoms with Crippen LogP contribution in [0.4, 0.5) is 5.69 Å². The molecule has 0 unspecified atom stereocenters. The molecule has 17 heavy (non-hydrogen) atoms. The first-order valence-corrected chi connectivity index (χ1v) is 6.67. The summed E-state index contributed by atoms with van der Waals surface area (Å²) in [4.78, 5) is -0.113. The molecule has 0 aromatic heterocycles. The largest absolute Gasteiger partial charge is 0.506 e. The van der Waals surface area contributed by atoms with E-state index in [2.05, 4.69) is 0 Å². The monoisotopic (exact) mass is 286 g/mol. The molecule has 0 aliphatic rings. The van der Waals surface area contributed by atoms with Gasteiger partial charge in [0.25, 0.3) is 0 Å². The van der Waals surface area contributed by atoms with Crippen molar-refractivity contribution in [1.82, 2.24) is 0 Å². The van der Waals surface area contributed by atoms with E-state index in [-0.39, 0.29) is 16.3 Å². The molecular weight excluding hydrogens is 276 g/mol. The minimum absolute atomic E-state index is 0.0125. The van der Waals surface area contributed by atoms with Crippen LogP contribution in [0.5, 0.6) is 5.75 Å². The third-order valence-electron chi connectivity index (χ3n) is 1.33. The standard InChI is InChI=1S/C6H8N2O3S.H2O4S/c7-5-3-4(12(8,10)11)1-2-6(5)9;1-5(2,3)4/h1-3,9H,7H2,(H2,8,10,11);(H2,1,2,3,4). The topological polar surface area (TPSA) is 181 Å². The minimum atomic E-state index is -4.67. The number of nitrogens with two attached hydrogens (primary N) is 2. The van der Waals surface area contributed by atoms with Gasteiger partial charge in [-0.3, -0.25) is 9.11 Å². The van der Waals surface area contributed by atoms with Crippen molar-refractivity contribution in [3.8, 4) is 5.75 Å². The molecule has 1 aromatic rings. The van der Waals surface area contributed by atoms with Gasteiger partial charge in [-0.05, 0) is 18.2 Å². The van der Waals surface area contributed by atoms with Gasteiger partial charge in [0.1, 0.15) is 5.75 Å². The molecule has 7 N–H and O–H groups in total. The number of sulfonamides is 1. The van der Waals surface area contributed by atoms with E-state index in [1.807, 2.05) is 0 Å². The summed E-state index contributed by atoms with van der Waals surface area (Å²) in [6, 6.07) is 3.46. The van der Waals surface area contributed by atoms with Crippen molar-refractivity contribution in [2.75, 3.05) is 5.73 Å². The summed E-state index contributed by atoms with van der Waals surface area (Å²) in [5.74, 6) is -0.164. The Morgan fingerprint density at radius 3 is 1.76 bits per heavy atom. The molecule has 0 saturated heterocycles. The number of hydrogen-bond acceptors (Lipinski definition) is 6. The first-order chi connectivity index (χ1) is 7.41. The summed E-state index contributed by atoms with van der Waals surface area (Å²) in [5, 5.41) is 13.8. The van der Waals surface area contributed by atoms with E-state index < -0.39 is 20.4 Å². The summed E-state index contributed by atoms with van der Waals surface area (Å²) in [7, 11) is -8.40. The lowest BCUT2D eigenvalue weighted by atomic mass is 10.3. The Balaban J connectivity index is 0.000000437. The van der Waals surface area contributed by atoms with Crippen molar-refractivity contribution in [1.29, 1.82) is 0 Å². The van der Waals surface area contributed by atoms with Gasteiger partial charge in [0.15, 0.2) is 0 Å². The molecule has 0 radical (unpaired) electrons. The van der Waals surface area contributed by atoms with Gasteiger partial charge in [0.2, 0.25) is 10.0 Å². The van der Waals surface area contributed by atoms with Gasteiger partial charge in [-0.15, -0.1) is 0 Å². The normalized spacial score (nSPS) is 11.5. The fourth-order valence-electron chi connectivity index (χ4n) is 0.710. The van der Waals surface area contributed by atoms with Crippen molar-refractivity contribution in [2.45, 2.75) is 4.90 Å². The van der Waals surface area contributed by atoms with E-state index in [4.69, 9.17) is 33.5 Å². The van der Waals surface area contributed by atoms with Crippen LogP contribution in [0, 0.1) is 0 Å². The third-order valence-corrected chi connectivity index (χ3v) is 2.24. The molecule has 0 heterocycles. The fourth-order valence-corrected chi connectivity index (χ4v) is 1.26. The lowest BCUT2D eigenvalue weighted by molar-refractivity contribution is 0.381. The number of anilines is 1. The fraction of sp³-hybridized carbons (Fsp3) is 0. The van der Waals surface area contributed by atoms with Gasteiger partial charge in [-0.25, -0.2) is 13.6 Å². The highest BCUT2D eigenvalue weighted by Gasteiger charge is 2.08. The zero-order valence-corrected chi connectivity index (χ0v) is 9.81. The maximum Gasteiger partial charge on any atom is 0.394 e. The van der Waals surface area contributed by atoms with Gasteiger partial charge in [0.05, 0.1) is 10.6 Å². The van der Waals surface area contributed by atoms with Crippen LogP contribution in [0.2, 0.25) is 0 Å². The van der Waals surface area contributed by atoms with Crippen LogP contribution < -0.4 is 10.9 Å². The second-order valence-electron chi connectivity index (χ2n) is 2.71. The number of hydrogen-bond donors (Lipinski definition) is 5. The van der Waals surface area contributed by atoms with Crippen LogP contribution >= 0.6 is 0 Å². The van der Waals surface area contributed by atoms with Crippen LogP contribution in [-0.4, -0.2) is 31.0 Å². The number of phenols is 1. The average Bonchev–Trinajstić information content (AvgIpc) is 2.04. The molecule has 98 valence electrons. The zero-order valence-electron chi connectivity index (χ0n) is 8.18. The predicted octanol–water partition coefficient (Wildman–Crippen LogP) is -1.03. The predicted molar refractivity (Wildman–Crippen MR) is 58.1 cm³/mol. The maximum absolute atomic E-state index is 10.7. The number of rotatable bonds is 1. The number of primary sulfonamides is 1. The molecule has 11 heteroatoms. The van der Waals surface area contributed by atoms with Crippen LogP contribution in [-0.2, 0) is 20.4 Å². The number of phenolic OH excluding ortho intramolecular Hbond substituents is 1. The lowest BCUT2D eigenvalue weighted by Crippen LogP contribution is -2.12. The van der Waals surface area contributed by atoms with Crippen molar-refractivity contribution >= 4 is 26.1 Å². The third kappa shape index (κ3) is 7.48. The molecule has 1 rings (SSSR count). The average molecular weight is 286 g/mol. The minimum Gasteiger partial charge on any atom is -0.506 e. The molecule has 0 amide bonds. The van der Waals surface area contributed by atoms with Crippen molar-refractivity contribution in [2.24, 2.45) is 5.14 Å². The molecule has 0 aliphatic carbocycles. The van der Waals surface area contributed by atoms with Crippen molar-refractivity contribution in [3.05, 3.63) is 18.2 Å². The highest BCUT2D eigenvalue weighted by atomic mass is 32.3. The second-order valence-corrected chi connectivity index (χ2v) is 5.17. The zero-order chi connectivity index (χ0) is 13.9. The number of nitrogen functional groups attached to an aromatic ring is 1. The molecule has 1 aromatic carbocycles. The lowest BCUT2D eigenvalue weighted by Gasteiger charge is -2.00. The summed E-state index contributed by atoms with van der Waals surface area (Å²) in [5.41, 5.74) is 5.23. The molecule has 0 aliphatic heterocycles. The highest BCUT2D eigenvalue weighted by Crippen LogP contribution is 2.21. The van der Waals surface area contributed by atoms with Gasteiger partial charge in [-0.1, -0.05) is 0 Å². The Morgan fingerprint density at radius 2 is 1.47 bits per heavy atom. The summed E-state index contributed by atoms with van der Waals surface area (Å²) in [6.07, 6.45) is 0. The molecule has 9 nitrogen and oxygen atoms in total. The maximum atomic E-state index is 10.7. The van der Waals surface area contributed by atoms with Crippen LogP contribution in [0.3, 0.4) is 0 Å². The smallest absolute Gasteiger partial charge is 0.394 e.